The smallest absolute Gasteiger partial charge is 0.226 e. The SMILES string of the molecule is Cn1cc([C@@H]2C[C@@H]2C(=O)N2CCN([C@H]3CCC[C@@H]3O)CC2)cn1. The van der Waals surface area contributed by atoms with E-state index in [-0.39, 0.29) is 12.0 Å². The number of aliphatic hydroxyl groups excluding tert-OH is 1. The molecule has 1 amide bonds. The van der Waals surface area contributed by atoms with Crippen LogP contribution in [0.1, 0.15) is 37.2 Å². The lowest BCUT2D eigenvalue weighted by Crippen LogP contribution is -2.54. The maximum absolute atomic E-state index is 12.7. The normalized spacial score (nSPS) is 34.8. The number of aliphatic hydroxyl groups is 1. The van der Waals surface area contributed by atoms with E-state index < -0.39 is 0 Å². The minimum absolute atomic E-state index is 0.155. The average molecular weight is 318 g/mol. The first-order valence-corrected chi connectivity index (χ1v) is 8.83. The fraction of sp³-hybridized carbons (Fsp3) is 0.765. The van der Waals surface area contributed by atoms with Crippen LogP contribution in [0.15, 0.2) is 12.4 Å². The number of aryl methyl sites for hydroxylation is 1. The summed E-state index contributed by atoms with van der Waals surface area (Å²) in [5.74, 6) is 0.833. The second-order valence-electron chi connectivity index (χ2n) is 7.32. The number of piperazine rings is 1. The molecule has 1 aromatic heterocycles. The Balaban J connectivity index is 1.30. The minimum atomic E-state index is -0.171. The van der Waals surface area contributed by atoms with Crippen molar-refractivity contribution in [2.45, 2.75) is 43.7 Å². The molecule has 3 aliphatic rings. The Morgan fingerprint density at radius 1 is 1.26 bits per heavy atom. The summed E-state index contributed by atoms with van der Waals surface area (Å²) in [4.78, 5) is 17.1. The number of carbonyl (C=O) groups is 1. The Morgan fingerprint density at radius 3 is 2.65 bits per heavy atom. The molecule has 1 saturated heterocycles. The van der Waals surface area contributed by atoms with Gasteiger partial charge in [0.25, 0.3) is 0 Å². The topological polar surface area (TPSA) is 61.6 Å². The molecule has 0 unspecified atom stereocenters. The van der Waals surface area contributed by atoms with Crippen molar-refractivity contribution in [2.75, 3.05) is 26.2 Å². The molecular weight excluding hydrogens is 292 g/mol. The van der Waals surface area contributed by atoms with E-state index in [2.05, 4.69) is 10.00 Å². The van der Waals surface area contributed by atoms with Crippen molar-refractivity contribution in [1.82, 2.24) is 19.6 Å². The lowest BCUT2D eigenvalue weighted by atomic mass is 10.1. The molecule has 1 aliphatic heterocycles. The van der Waals surface area contributed by atoms with Crippen LogP contribution in [-0.2, 0) is 11.8 Å². The molecule has 2 heterocycles. The van der Waals surface area contributed by atoms with Crippen LogP contribution in [0.2, 0.25) is 0 Å². The van der Waals surface area contributed by atoms with Crippen LogP contribution in [-0.4, -0.2) is 68.9 Å². The molecule has 4 rings (SSSR count). The quantitative estimate of drug-likeness (QED) is 0.886. The Morgan fingerprint density at radius 2 is 2.04 bits per heavy atom. The highest BCUT2D eigenvalue weighted by molar-refractivity contribution is 5.83. The molecule has 1 aromatic rings. The first-order valence-electron chi connectivity index (χ1n) is 8.83. The third-order valence-corrected chi connectivity index (χ3v) is 5.80. The molecule has 126 valence electrons. The molecule has 0 aromatic carbocycles. The van der Waals surface area contributed by atoms with Gasteiger partial charge in [-0.15, -0.1) is 0 Å². The lowest BCUT2D eigenvalue weighted by Gasteiger charge is -2.39. The van der Waals surface area contributed by atoms with Gasteiger partial charge in [-0.3, -0.25) is 14.4 Å². The molecule has 2 saturated carbocycles. The molecule has 2 aliphatic carbocycles. The molecule has 0 bridgehead atoms. The molecular formula is C17H26N4O2. The van der Waals surface area contributed by atoms with E-state index in [0.717, 1.165) is 51.9 Å². The van der Waals surface area contributed by atoms with Crippen molar-refractivity contribution in [1.29, 1.82) is 0 Å². The summed E-state index contributed by atoms with van der Waals surface area (Å²) in [7, 11) is 1.92. The Labute approximate surface area is 137 Å². The third kappa shape index (κ3) is 2.90. The van der Waals surface area contributed by atoms with Crippen molar-refractivity contribution in [3.05, 3.63) is 18.0 Å². The van der Waals surface area contributed by atoms with Gasteiger partial charge in [-0.25, -0.2) is 0 Å². The largest absolute Gasteiger partial charge is 0.391 e. The molecule has 0 radical (unpaired) electrons. The first-order chi connectivity index (χ1) is 11.1. The van der Waals surface area contributed by atoms with Gasteiger partial charge in [0.05, 0.1) is 12.3 Å². The third-order valence-electron chi connectivity index (χ3n) is 5.80. The number of amides is 1. The van der Waals surface area contributed by atoms with Gasteiger partial charge in [0.2, 0.25) is 5.91 Å². The summed E-state index contributed by atoms with van der Waals surface area (Å²) in [6.45, 7) is 3.41. The zero-order valence-electron chi connectivity index (χ0n) is 13.8. The minimum Gasteiger partial charge on any atom is -0.391 e. The summed E-state index contributed by atoms with van der Waals surface area (Å²) >= 11 is 0. The second-order valence-corrected chi connectivity index (χ2v) is 7.32. The van der Waals surface area contributed by atoms with Crippen LogP contribution in [0.5, 0.6) is 0 Å². The number of rotatable bonds is 3. The summed E-state index contributed by atoms with van der Waals surface area (Å²) in [6, 6.07) is 0.316. The van der Waals surface area contributed by atoms with Crippen LogP contribution in [0.3, 0.4) is 0 Å². The summed E-state index contributed by atoms with van der Waals surface area (Å²) in [5.41, 5.74) is 1.19. The van der Waals surface area contributed by atoms with E-state index in [0.29, 0.717) is 17.9 Å². The van der Waals surface area contributed by atoms with E-state index in [4.69, 9.17) is 0 Å². The van der Waals surface area contributed by atoms with Gasteiger partial charge in [-0.1, -0.05) is 0 Å². The van der Waals surface area contributed by atoms with Crippen LogP contribution in [0.4, 0.5) is 0 Å². The van der Waals surface area contributed by atoms with Crippen molar-refractivity contribution < 1.29 is 9.90 Å². The highest BCUT2D eigenvalue weighted by Gasteiger charge is 2.47. The van der Waals surface area contributed by atoms with E-state index in [9.17, 15) is 9.90 Å². The molecule has 23 heavy (non-hydrogen) atoms. The van der Waals surface area contributed by atoms with E-state index in [1.807, 2.05) is 24.3 Å². The zero-order chi connectivity index (χ0) is 16.0. The first kappa shape index (κ1) is 15.1. The highest BCUT2D eigenvalue weighted by Crippen LogP contribution is 2.48. The van der Waals surface area contributed by atoms with Crippen LogP contribution < -0.4 is 0 Å². The zero-order valence-corrected chi connectivity index (χ0v) is 13.8. The molecule has 3 fully saturated rings. The van der Waals surface area contributed by atoms with Crippen molar-refractivity contribution in [3.63, 3.8) is 0 Å². The molecule has 0 spiro atoms. The fourth-order valence-corrected chi connectivity index (χ4v) is 4.32. The Bertz CT molecular complexity index is 579. The van der Waals surface area contributed by atoms with Crippen LogP contribution in [0, 0.1) is 5.92 Å². The number of hydrogen-bond donors (Lipinski definition) is 1. The second kappa shape index (κ2) is 5.91. The standard InChI is InChI=1S/C17H26N4O2/c1-19-11-12(10-18-19)13-9-14(13)17(23)21-7-5-20(6-8-21)15-3-2-4-16(15)22/h10-11,13-16,22H,2-9H2,1H3/t13-,14-,15-,16-/m0/s1. The van der Waals surface area contributed by atoms with E-state index >= 15 is 0 Å². The van der Waals surface area contributed by atoms with Gasteiger partial charge < -0.3 is 10.0 Å². The average Bonchev–Trinajstić information content (AvgIpc) is 3.06. The summed E-state index contributed by atoms with van der Waals surface area (Å²) in [6.07, 6.45) is 7.86. The molecule has 4 atom stereocenters. The number of aromatic nitrogens is 2. The van der Waals surface area contributed by atoms with Crippen molar-refractivity contribution in [2.24, 2.45) is 13.0 Å². The molecule has 1 N–H and O–H groups in total. The lowest BCUT2D eigenvalue weighted by molar-refractivity contribution is -0.135. The van der Waals surface area contributed by atoms with Gasteiger partial charge in [-0.05, 0) is 37.2 Å². The maximum atomic E-state index is 12.7. The maximum Gasteiger partial charge on any atom is 0.226 e. The molecule has 6 nitrogen and oxygen atoms in total. The van der Waals surface area contributed by atoms with Gasteiger partial charge >= 0.3 is 0 Å². The summed E-state index contributed by atoms with van der Waals surface area (Å²) < 4.78 is 1.81. The van der Waals surface area contributed by atoms with E-state index in [1.54, 1.807) is 4.68 Å². The Kier molecular flexibility index (Phi) is 3.89. The number of hydrogen-bond acceptors (Lipinski definition) is 4. The number of carbonyl (C=O) groups excluding carboxylic acids is 1. The summed E-state index contributed by atoms with van der Waals surface area (Å²) in [5, 5.41) is 14.3. The van der Waals surface area contributed by atoms with Gasteiger partial charge in [0, 0.05) is 51.4 Å². The van der Waals surface area contributed by atoms with Crippen molar-refractivity contribution in [3.8, 4) is 0 Å². The number of nitrogens with zero attached hydrogens (tertiary/aromatic N) is 4. The van der Waals surface area contributed by atoms with E-state index in [1.165, 1.54) is 5.56 Å². The van der Waals surface area contributed by atoms with Gasteiger partial charge in [-0.2, -0.15) is 5.10 Å². The van der Waals surface area contributed by atoms with Gasteiger partial charge in [0.1, 0.15) is 0 Å². The Hall–Kier alpha value is -1.40. The van der Waals surface area contributed by atoms with Gasteiger partial charge in [0.15, 0.2) is 0 Å². The van der Waals surface area contributed by atoms with Crippen LogP contribution >= 0.6 is 0 Å². The molecule has 6 heteroatoms. The monoisotopic (exact) mass is 318 g/mol. The fourth-order valence-electron chi connectivity index (χ4n) is 4.32. The van der Waals surface area contributed by atoms with Crippen LogP contribution in [0.25, 0.3) is 0 Å². The predicted molar refractivity (Wildman–Crippen MR) is 85.9 cm³/mol. The van der Waals surface area contributed by atoms with Crippen molar-refractivity contribution >= 4 is 5.91 Å². The highest BCUT2D eigenvalue weighted by atomic mass is 16.3. The predicted octanol–water partition coefficient (Wildman–Crippen LogP) is 0.581.